The van der Waals surface area contributed by atoms with Gasteiger partial charge in [-0.05, 0) is 12.8 Å². The summed E-state index contributed by atoms with van der Waals surface area (Å²) in [6, 6.07) is -0.360. The maximum Gasteiger partial charge on any atom is 0.241 e. The first kappa shape index (κ1) is 16.4. The number of aliphatic hydroxyl groups is 1. The highest BCUT2D eigenvalue weighted by atomic mass is 16.5. The van der Waals surface area contributed by atoms with Gasteiger partial charge in [0.1, 0.15) is 6.04 Å². The fourth-order valence-electron chi connectivity index (χ4n) is 3.31. The molecular weight excluding hydrogens is 298 g/mol. The number of hydrogen-bond acceptors (Lipinski definition) is 6. The number of nitrogens with zero attached hydrogens (tertiary/aromatic N) is 3. The Labute approximate surface area is 136 Å². The average Bonchev–Trinajstić information content (AvgIpc) is 3.16. The molecule has 23 heavy (non-hydrogen) atoms. The van der Waals surface area contributed by atoms with Gasteiger partial charge in [-0.1, -0.05) is 26.7 Å². The zero-order valence-corrected chi connectivity index (χ0v) is 13.8. The van der Waals surface area contributed by atoms with Gasteiger partial charge in [0.05, 0.1) is 25.2 Å². The molecule has 128 valence electrons. The van der Waals surface area contributed by atoms with Crippen LogP contribution >= 0.6 is 0 Å². The summed E-state index contributed by atoms with van der Waals surface area (Å²) in [5, 5.41) is 18.6. The molecule has 0 radical (unpaired) electrons. The molecule has 1 aromatic rings. The third-order valence-electron chi connectivity index (χ3n) is 4.70. The molecule has 7 heteroatoms. The first-order valence-corrected chi connectivity index (χ1v) is 8.41. The molecule has 1 N–H and O–H groups in total. The second-order valence-corrected chi connectivity index (χ2v) is 6.92. The lowest BCUT2D eigenvalue weighted by atomic mass is 9.96. The van der Waals surface area contributed by atoms with Gasteiger partial charge in [0.2, 0.25) is 17.7 Å². The van der Waals surface area contributed by atoms with E-state index in [1.165, 1.54) is 0 Å². The van der Waals surface area contributed by atoms with Crippen molar-refractivity contribution in [1.82, 2.24) is 15.1 Å². The maximum absolute atomic E-state index is 12.7. The van der Waals surface area contributed by atoms with Crippen LogP contribution in [0.4, 0.5) is 0 Å². The van der Waals surface area contributed by atoms with E-state index in [1.807, 2.05) is 13.8 Å². The summed E-state index contributed by atoms with van der Waals surface area (Å²) in [7, 11) is 0. The second kappa shape index (κ2) is 6.57. The summed E-state index contributed by atoms with van der Waals surface area (Å²) in [5.74, 6) is 1.06. The van der Waals surface area contributed by atoms with E-state index in [9.17, 15) is 9.90 Å². The summed E-state index contributed by atoms with van der Waals surface area (Å²) >= 11 is 0. The van der Waals surface area contributed by atoms with E-state index in [2.05, 4.69) is 10.2 Å². The Hall–Kier alpha value is -1.47. The lowest BCUT2D eigenvalue weighted by Crippen LogP contribution is -2.46. The zero-order valence-electron chi connectivity index (χ0n) is 13.8. The van der Waals surface area contributed by atoms with Gasteiger partial charge in [-0.2, -0.15) is 0 Å². The van der Waals surface area contributed by atoms with Crippen LogP contribution in [0, 0.1) is 0 Å². The van der Waals surface area contributed by atoms with E-state index in [1.54, 1.807) is 4.90 Å². The van der Waals surface area contributed by atoms with Crippen LogP contribution in [-0.2, 0) is 9.53 Å². The van der Waals surface area contributed by atoms with Crippen molar-refractivity contribution >= 4 is 5.91 Å². The van der Waals surface area contributed by atoms with E-state index in [-0.39, 0.29) is 24.3 Å². The van der Waals surface area contributed by atoms with Crippen molar-refractivity contribution < 1.29 is 19.1 Å². The van der Waals surface area contributed by atoms with Crippen LogP contribution in [0.1, 0.15) is 69.7 Å². The smallest absolute Gasteiger partial charge is 0.241 e. The standard InChI is InChI=1S/C16H25N3O4/c1-11(2)14-17-18-15(23-14)12-10-22-8-7-19(12)13(20)9-16(21)5-3-4-6-16/h11-12,21H,3-10H2,1-2H3. The minimum Gasteiger partial charge on any atom is -0.423 e. The number of carbonyl (C=O) groups excluding carboxylic acids is 1. The monoisotopic (exact) mass is 323 g/mol. The Morgan fingerprint density at radius 3 is 2.78 bits per heavy atom. The number of carbonyl (C=O) groups is 1. The molecule has 1 amide bonds. The van der Waals surface area contributed by atoms with Crippen molar-refractivity contribution in [1.29, 1.82) is 0 Å². The summed E-state index contributed by atoms with van der Waals surface area (Å²) in [5.41, 5.74) is -0.849. The van der Waals surface area contributed by atoms with Crippen molar-refractivity contribution in [2.75, 3.05) is 19.8 Å². The third-order valence-corrected chi connectivity index (χ3v) is 4.70. The zero-order chi connectivity index (χ0) is 16.4. The number of hydrogen-bond donors (Lipinski definition) is 1. The van der Waals surface area contributed by atoms with E-state index in [0.717, 1.165) is 12.8 Å². The number of amides is 1. The molecule has 1 saturated heterocycles. The van der Waals surface area contributed by atoms with Gasteiger partial charge in [0.15, 0.2) is 0 Å². The van der Waals surface area contributed by atoms with E-state index in [4.69, 9.17) is 9.15 Å². The van der Waals surface area contributed by atoms with Crippen molar-refractivity contribution in [3.63, 3.8) is 0 Å². The number of rotatable bonds is 4. The van der Waals surface area contributed by atoms with Crippen LogP contribution in [-0.4, -0.2) is 51.5 Å². The van der Waals surface area contributed by atoms with Gasteiger partial charge in [-0.25, -0.2) is 0 Å². The normalized spacial score (nSPS) is 24.3. The van der Waals surface area contributed by atoms with Crippen molar-refractivity contribution in [3.05, 3.63) is 11.8 Å². The molecule has 0 spiro atoms. The molecule has 1 aromatic heterocycles. The predicted octanol–water partition coefficient (Wildman–Crippen LogP) is 1.79. The number of morpholine rings is 1. The van der Waals surface area contributed by atoms with E-state index in [0.29, 0.717) is 44.4 Å². The van der Waals surface area contributed by atoms with Gasteiger partial charge < -0.3 is 19.2 Å². The quantitative estimate of drug-likeness (QED) is 0.908. The summed E-state index contributed by atoms with van der Waals surface area (Å²) < 4.78 is 11.2. The fraction of sp³-hybridized carbons (Fsp3) is 0.812. The van der Waals surface area contributed by atoms with Crippen molar-refractivity contribution in [3.8, 4) is 0 Å². The summed E-state index contributed by atoms with van der Waals surface area (Å²) in [6.07, 6.45) is 3.53. The average molecular weight is 323 g/mol. The molecule has 1 atom stereocenters. The van der Waals surface area contributed by atoms with Gasteiger partial charge in [0.25, 0.3) is 0 Å². The van der Waals surface area contributed by atoms with Crippen LogP contribution in [0.2, 0.25) is 0 Å². The topological polar surface area (TPSA) is 88.7 Å². The first-order chi connectivity index (χ1) is 11.0. The Morgan fingerprint density at radius 2 is 2.13 bits per heavy atom. The van der Waals surface area contributed by atoms with Crippen LogP contribution in [0.5, 0.6) is 0 Å². The molecule has 1 saturated carbocycles. The largest absolute Gasteiger partial charge is 0.423 e. The highest BCUT2D eigenvalue weighted by Crippen LogP contribution is 2.34. The minimum atomic E-state index is -0.849. The Kier molecular flexibility index (Phi) is 4.68. The Bertz CT molecular complexity index is 551. The molecule has 1 aliphatic carbocycles. The molecule has 2 heterocycles. The summed E-state index contributed by atoms with van der Waals surface area (Å²) in [6.45, 7) is 5.29. The molecule has 1 unspecified atom stereocenters. The summed E-state index contributed by atoms with van der Waals surface area (Å²) in [4.78, 5) is 14.4. The lowest BCUT2D eigenvalue weighted by molar-refractivity contribution is -0.146. The molecule has 2 fully saturated rings. The Morgan fingerprint density at radius 1 is 1.39 bits per heavy atom. The second-order valence-electron chi connectivity index (χ2n) is 6.92. The minimum absolute atomic E-state index is 0.0630. The molecule has 2 aliphatic rings. The first-order valence-electron chi connectivity index (χ1n) is 8.41. The van der Waals surface area contributed by atoms with Crippen LogP contribution < -0.4 is 0 Å². The van der Waals surface area contributed by atoms with Crippen LogP contribution in [0.3, 0.4) is 0 Å². The lowest BCUT2D eigenvalue weighted by Gasteiger charge is -2.35. The van der Waals surface area contributed by atoms with Gasteiger partial charge in [-0.15, -0.1) is 10.2 Å². The Balaban J connectivity index is 1.73. The molecule has 0 bridgehead atoms. The van der Waals surface area contributed by atoms with Gasteiger partial charge in [-0.3, -0.25) is 4.79 Å². The van der Waals surface area contributed by atoms with Crippen LogP contribution in [0.25, 0.3) is 0 Å². The third kappa shape index (κ3) is 3.55. The fourth-order valence-corrected chi connectivity index (χ4v) is 3.31. The molecule has 1 aliphatic heterocycles. The highest BCUT2D eigenvalue weighted by molar-refractivity contribution is 5.77. The molecule has 0 aromatic carbocycles. The maximum atomic E-state index is 12.7. The predicted molar refractivity (Wildman–Crippen MR) is 81.7 cm³/mol. The van der Waals surface area contributed by atoms with E-state index < -0.39 is 5.60 Å². The highest BCUT2D eigenvalue weighted by Gasteiger charge is 2.39. The van der Waals surface area contributed by atoms with Gasteiger partial charge >= 0.3 is 0 Å². The van der Waals surface area contributed by atoms with E-state index >= 15 is 0 Å². The van der Waals surface area contributed by atoms with Crippen molar-refractivity contribution in [2.24, 2.45) is 0 Å². The van der Waals surface area contributed by atoms with Crippen LogP contribution in [0.15, 0.2) is 4.42 Å². The SMILES string of the molecule is CC(C)c1nnc(C2COCCN2C(=O)CC2(O)CCCC2)o1. The molecule has 3 rings (SSSR count). The molecule has 7 nitrogen and oxygen atoms in total. The van der Waals surface area contributed by atoms with Gasteiger partial charge in [0, 0.05) is 12.5 Å². The number of aromatic nitrogens is 2. The van der Waals surface area contributed by atoms with Crippen molar-refractivity contribution in [2.45, 2.75) is 63.5 Å². The molecular formula is C16H25N3O4. The number of ether oxygens (including phenoxy) is 1.